The predicted molar refractivity (Wildman–Crippen MR) is 86.0 cm³/mol. The molecule has 2 rings (SSSR count). The van der Waals surface area contributed by atoms with Crippen LogP contribution in [0, 0.1) is 5.92 Å². The summed E-state index contributed by atoms with van der Waals surface area (Å²) in [4.78, 5) is 25.2. The number of benzene rings is 1. The van der Waals surface area contributed by atoms with Crippen molar-refractivity contribution in [1.82, 2.24) is 4.90 Å². The maximum absolute atomic E-state index is 13.1. The minimum absolute atomic E-state index is 0.0796. The van der Waals surface area contributed by atoms with Gasteiger partial charge in [-0.05, 0) is 37.3 Å². The van der Waals surface area contributed by atoms with E-state index in [-0.39, 0.29) is 30.5 Å². The molecule has 1 amide bonds. The number of piperidine rings is 1. The first-order valence-corrected chi connectivity index (χ1v) is 8.29. The number of hydrogen-bond acceptors (Lipinski definition) is 2. The molecular formula is C18H22F3NO3. The Morgan fingerprint density at radius 3 is 2.52 bits per heavy atom. The molecule has 7 heteroatoms. The standard InChI is InChI=1S/C18H22F3NO3/c1-11(14-5-3-4-6-15(14)18(19,20)21)9-16(23)22-10-13(17(24)25)8-7-12(22)2/h3-6,11-13H,7-10H2,1-2H3,(H,24,25). The minimum Gasteiger partial charge on any atom is -0.481 e. The number of rotatable bonds is 4. The molecule has 0 spiro atoms. The van der Waals surface area contributed by atoms with Crippen LogP contribution in [0.25, 0.3) is 0 Å². The van der Waals surface area contributed by atoms with Crippen LogP contribution < -0.4 is 0 Å². The molecule has 0 aliphatic carbocycles. The highest BCUT2D eigenvalue weighted by Gasteiger charge is 2.36. The Bertz CT molecular complexity index is 645. The summed E-state index contributed by atoms with van der Waals surface area (Å²) in [5, 5.41) is 9.15. The first kappa shape index (κ1) is 19.3. The highest BCUT2D eigenvalue weighted by atomic mass is 19.4. The van der Waals surface area contributed by atoms with E-state index in [1.54, 1.807) is 6.92 Å². The third-order valence-electron chi connectivity index (χ3n) is 4.83. The third kappa shape index (κ3) is 4.52. The van der Waals surface area contributed by atoms with E-state index < -0.39 is 29.5 Å². The molecule has 4 nitrogen and oxygen atoms in total. The largest absolute Gasteiger partial charge is 0.481 e. The van der Waals surface area contributed by atoms with Gasteiger partial charge in [0.1, 0.15) is 0 Å². The summed E-state index contributed by atoms with van der Waals surface area (Å²) in [6.07, 6.45) is -3.46. The van der Waals surface area contributed by atoms with Crippen molar-refractivity contribution in [3.8, 4) is 0 Å². The number of carboxylic acid groups (broad SMARTS) is 1. The predicted octanol–water partition coefficient (Wildman–Crippen LogP) is 3.91. The van der Waals surface area contributed by atoms with Gasteiger partial charge in [0.2, 0.25) is 5.91 Å². The van der Waals surface area contributed by atoms with Crippen LogP contribution in [0.3, 0.4) is 0 Å². The number of alkyl halides is 3. The first-order chi connectivity index (χ1) is 11.6. The quantitative estimate of drug-likeness (QED) is 0.889. The van der Waals surface area contributed by atoms with E-state index in [9.17, 15) is 22.8 Å². The zero-order chi connectivity index (χ0) is 18.8. The van der Waals surface area contributed by atoms with Gasteiger partial charge in [-0.3, -0.25) is 9.59 Å². The van der Waals surface area contributed by atoms with E-state index in [0.29, 0.717) is 12.8 Å². The maximum Gasteiger partial charge on any atom is 0.416 e. The lowest BCUT2D eigenvalue weighted by molar-refractivity contribution is -0.147. The molecule has 1 aliphatic rings. The molecule has 3 atom stereocenters. The van der Waals surface area contributed by atoms with Gasteiger partial charge >= 0.3 is 12.1 Å². The molecule has 0 bridgehead atoms. The smallest absolute Gasteiger partial charge is 0.416 e. The van der Waals surface area contributed by atoms with Gasteiger partial charge in [-0.15, -0.1) is 0 Å². The van der Waals surface area contributed by atoms with Crippen LogP contribution in [-0.4, -0.2) is 34.5 Å². The molecule has 25 heavy (non-hydrogen) atoms. The molecule has 1 aromatic carbocycles. The summed E-state index contributed by atoms with van der Waals surface area (Å²) >= 11 is 0. The van der Waals surface area contributed by atoms with Gasteiger partial charge in [-0.1, -0.05) is 25.1 Å². The zero-order valence-corrected chi connectivity index (χ0v) is 14.2. The molecule has 1 aliphatic heterocycles. The van der Waals surface area contributed by atoms with Crippen LogP contribution in [0.1, 0.15) is 50.2 Å². The molecular weight excluding hydrogens is 335 g/mol. The fourth-order valence-corrected chi connectivity index (χ4v) is 3.33. The van der Waals surface area contributed by atoms with Gasteiger partial charge in [-0.2, -0.15) is 13.2 Å². The molecule has 0 radical (unpaired) electrons. The summed E-state index contributed by atoms with van der Waals surface area (Å²) in [6, 6.07) is 5.15. The number of halogens is 3. The van der Waals surface area contributed by atoms with E-state index in [1.807, 2.05) is 6.92 Å². The van der Waals surface area contributed by atoms with Gasteiger partial charge in [-0.25, -0.2) is 0 Å². The minimum atomic E-state index is -4.47. The Balaban J connectivity index is 2.14. The van der Waals surface area contributed by atoms with E-state index >= 15 is 0 Å². The van der Waals surface area contributed by atoms with Crippen LogP contribution >= 0.6 is 0 Å². The summed E-state index contributed by atoms with van der Waals surface area (Å²) in [6.45, 7) is 3.54. The van der Waals surface area contributed by atoms with Crippen LogP contribution in [0.2, 0.25) is 0 Å². The Hall–Kier alpha value is -2.05. The lowest BCUT2D eigenvalue weighted by atomic mass is 9.90. The van der Waals surface area contributed by atoms with Crippen LogP contribution in [0.5, 0.6) is 0 Å². The Labute approximate surface area is 144 Å². The summed E-state index contributed by atoms with van der Waals surface area (Å²) < 4.78 is 39.4. The maximum atomic E-state index is 13.1. The lowest BCUT2D eigenvalue weighted by Crippen LogP contribution is -2.47. The van der Waals surface area contributed by atoms with Crippen molar-refractivity contribution in [2.75, 3.05) is 6.54 Å². The Morgan fingerprint density at radius 2 is 1.92 bits per heavy atom. The zero-order valence-electron chi connectivity index (χ0n) is 14.2. The molecule has 1 fully saturated rings. The number of carboxylic acids is 1. The van der Waals surface area contributed by atoms with Crippen LogP contribution in [-0.2, 0) is 15.8 Å². The van der Waals surface area contributed by atoms with E-state index in [4.69, 9.17) is 5.11 Å². The lowest BCUT2D eigenvalue weighted by Gasteiger charge is -2.37. The first-order valence-electron chi connectivity index (χ1n) is 8.29. The summed E-state index contributed by atoms with van der Waals surface area (Å²) in [5.74, 6) is -2.47. The normalized spacial score (nSPS) is 22.5. The molecule has 3 unspecified atom stereocenters. The van der Waals surface area contributed by atoms with E-state index in [1.165, 1.54) is 23.1 Å². The van der Waals surface area contributed by atoms with Gasteiger partial charge in [0.25, 0.3) is 0 Å². The second kappa shape index (κ2) is 7.45. The SMILES string of the molecule is CC(CC(=O)N1CC(C(=O)O)CCC1C)c1ccccc1C(F)(F)F. The number of amides is 1. The van der Waals surface area contributed by atoms with E-state index in [2.05, 4.69) is 0 Å². The number of nitrogens with zero attached hydrogens (tertiary/aromatic N) is 1. The number of aliphatic carboxylic acids is 1. The average molecular weight is 357 g/mol. The molecule has 1 aromatic rings. The average Bonchev–Trinajstić information content (AvgIpc) is 2.54. The van der Waals surface area contributed by atoms with Crippen molar-refractivity contribution >= 4 is 11.9 Å². The molecule has 1 heterocycles. The van der Waals surface area contributed by atoms with Gasteiger partial charge in [0.05, 0.1) is 11.5 Å². The van der Waals surface area contributed by atoms with E-state index in [0.717, 1.165) is 6.07 Å². The topological polar surface area (TPSA) is 57.6 Å². The van der Waals surface area contributed by atoms with Gasteiger partial charge in [0, 0.05) is 19.0 Å². The summed E-state index contributed by atoms with van der Waals surface area (Å²) in [7, 11) is 0. The second-order valence-corrected chi connectivity index (χ2v) is 6.70. The van der Waals surface area contributed by atoms with Crippen molar-refractivity contribution in [2.45, 2.75) is 51.2 Å². The molecule has 138 valence electrons. The highest BCUT2D eigenvalue weighted by Crippen LogP contribution is 2.36. The fraction of sp³-hybridized carbons (Fsp3) is 0.556. The van der Waals surface area contributed by atoms with Crippen molar-refractivity contribution in [1.29, 1.82) is 0 Å². The third-order valence-corrected chi connectivity index (χ3v) is 4.83. The van der Waals surface area contributed by atoms with Gasteiger partial charge in [0.15, 0.2) is 0 Å². The number of likely N-dealkylation sites (tertiary alicyclic amines) is 1. The fourth-order valence-electron chi connectivity index (χ4n) is 3.33. The highest BCUT2D eigenvalue weighted by molar-refractivity contribution is 5.79. The molecule has 1 saturated heterocycles. The van der Waals surface area contributed by atoms with Crippen molar-refractivity contribution in [2.24, 2.45) is 5.92 Å². The number of hydrogen-bond donors (Lipinski definition) is 1. The molecule has 0 saturated carbocycles. The van der Waals surface area contributed by atoms with Crippen molar-refractivity contribution in [3.63, 3.8) is 0 Å². The number of carbonyl (C=O) groups excluding carboxylic acids is 1. The number of carbonyl (C=O) groups is 2. The molecule has 1 N–H and O–H groups in total. The monoisotopic (exact) mass is 357 g/mol. The van der Waals surface area contributed by atoms with Gasteiger partial charge < -0.3 is 10.0 Å². The van der Waals surface area contributed by atoms with Crippen LogP contribution in [0.4, 0.5) is 13.2 Å². The van der Waals surface area contributed by atoms with Crippen molar-refractivity contribution in [3.05, 3.63) is 35.4 Å². The summed E-state index contributed by atoms with van der Waals surface area (Å²) in [5.41, 5.74) is -0.645. The Kier molecular flexibility index (Phi) is 5.75. The van der Waals surface area contributed by atoms with Crippen LogP contribution in [0.15, 0.2) is 24.3 Å². The Morgan fingerprint density at radius 1 is 1.28 bits per heavy atom. The van der Waals surface area contributed by atoms with Crippen molar-refractivity contribution < 1.29 is 27.9 Å². The molecule has 0 aromatic heterocycles. The second-order valence-electron chi connectivity index (χ2n) is 6.70.